The zero-order valence-corrected chi connectivity index (χ0v) is 17.2. The molecular weight excluding hydrogens is 340 g/mol. The average Bonchev–Trinajstić information content (AvgIpc) is 2.99. The largest absolute Gasteiger partial charge is 0.492 e. The number of benzene rings is 1. The summed E-state index contributed by atoms with van der Waals surface area (Å²) in [5.74, 6) is 0.925. The van der Waals surface area contributed by atoms with Crippen molar-refractivity contribution in [2.24, 2.45) is 0 Å². The molecular formula is C21H36N4O2. The number of aliphatic hydroxyl groups is 1. The molecule has 1 aromatic rings. The van der Waals surface area contributed by atoms with Crippen molar-refractivity contribution < 1.29 is 9.84 Å². The average molecular weight is 377 g/mol. The first-order chi connectivity index (χ1) is 12.9. The molecule has 0 radical (unpaired) electrons. The Bertz CT molecular complexity index is 572. The molecule has 1 aromatic carbocycles. The summed E-state index contributed by atoms with van der Waals surface area (Å²) in [6, 6.07) is 8.39. The lowest BCUT2D eigenvalue weighted by Crippen LogP contribution is -2.51. The van der Waals surface area contributed by atoms with Crippen molar-refractivity contribution in [3.8, 4) is 5.75 Å². The molecule has 0 unspecified atom stereocenters. The van der Waals surface area contributed by atoms with E-state index in [2.05, 4.69) is 50.9 Å². The molecule has 2 heterocycles. The van der Waals surface area contributed by atoms with Gasteiger partial charge in [0.25, 0.3) is 0 Å². The van der Waals surface area contributed by atoms with Crippen molar-refractivity contribution in [2.45, 2.75) is 18.6 Å². The molecule has 152 valence electrons. The van der Waals surface area contributed by atoms with Crippen LogP contribution in [0.15, 0.2) is 24.3 Å². The highest BCUT2D eigenvalue weighted by atomic mass is 16.5. The Morgan fingerprint density at radius 2 is 1.74 bits per heavy atom. The van der Waals surface area contributed by atoms with E-state index in [1.165, 1.54) is 5.56 Å². The molecule has 0 bridgehead atoms. The molecule has 2 saturated heterocycles. The quantitative estimate of drug-likeness (QED) is 0.724. The third-order valence-corrected chi connectivity index (χ3v) is 5.66. The van der Waals surface area contributed by atoms with Gasteiger partial charge in [0.05, 0.1) is 5.60 Å². The van der Waals surface area contributed by atoms with Gasteiger partial charge in [0, 0.05) is 58.9 Å². The van der Waals surface area contributed by atoms with Gasteiger partial charge >= 0.3 is 0 Å². The smallest absolute Gasteiger partial charge is 0.119 e. The van der Waals surface area contributed by atoms with Crippen LogP contribution in [0.4, 0.5) is 0 Å². The molecule has 0 amide bonds. The highest BCUT2D eigenvalue weighted by Gasteiger charge is 2.37. The number of likely N-dealkylation sites (N-methyl/N-ethyl adjacent to an activating group) is 2. The van der Waals surface area contributed by atoms with Gasteiger partial charge in [-0.1, -0.05) is 12.1 Å². The third kappa shape index (κ3) is 6.43. The molecule has 6 nitrogen and oxygen atoms in total. The normalized spacial score (nSPS) is 25.4. The first-order valence-electron chi connectivity index (χ1n) is 10.1. The van der Waals surface area contributed by atoms with E-state index in [1.54, 1.807) is 0 Å². The van der Waals surface area contributed by atoms with Crippen LogP contribution < -0.4 is 4.74 Å². The van der Waals surface area contributed by atoms with Crippen LogP contribution in [-0.2, 0) is 6.54 Å². The van der Waals surface area contributed by atoms with Gasteiger partial charge in [0.2, 0.25) is 0 Å². The van der Waals surface area contributed by atoms with E-state index in [-0.39, 0.29) is 0 Å². The molecule has 27 heavy (non-hydrogen) atoms. The van der Waals surface area contributed by atoms with Gasteiger partial charge < -0.3 is 19.6 Å². The van der Waals surface area contributed by atoms with Crippen LogP contribution >= 0.6 is 0 Å². The number of rotatable bonds is 8. The Morgan fingerprint density at radius 3 is 2.41 bits per heavy atom. The van der Waals surface area contributed by atoms with Gasteiger partial charge in [0.15, 0.2) is 0 Å². The Morgan fingerprint density at radius 1 is 1.04 bits per heavy atom. The fourth-order valence-corrected chi connectivity index (χ4v) is 3.92. The van der Waals surface area contributed by atoms with Gasteiger partial charge in [0.1, 0.15) is 12.4 Å². The second-order valence-corrected chi connectivity index (χ2v) is 8.56. The summed E-state index contributed by atoms with van der Waals surface area (Å²) in [7, 11) is 6.27. The minimum absolute atomic E-state index is 0.564. The molecule has 0 saturated carbocycles. The highest BCUT2D eigenvalue weighted by molar-refractivity contribution is 5.27. The van der Waals surface area contributed by atoms with Crippen molar-refractivity contribution >= 4 is 0 Å². The molecule has 1 N–H and O–H groups in total. The van der Waals surface area contributed by atoms with Gasteiger partial charge in [-0.3, -0.25) is 9.80 Å². The third-order valence-electron chi connectivity index (χ3n) is 5.66. The van der Waals surface area contributed by atoms with Crippen LogP contribution in [0.2, 0.25) is 0 Å². The van der Waals surface area contributed by atoms with E-state index in [1.807, 2.05) is 14.1 Å². The second-order valence-electron chi connectivity index (χ2n) is 8.56. The van der Waals surface area contributed by atoms with E-state index in [9.17, 15) is 5.11 Å². The predicted octanol–water partition coefficient (Wildman–Crippen LogP) is 0.811. The summed E-state index contributed by atoms with van der Waals surface area (Å²) >= 11 is 0. The van der Waals surface area contributed by atoms with Crippen molar-refractivity contribution in [3.05, 3.63) is 29.8 Å². The molecule has 0 aromatic heterocycles. The monoisotopic (exact) mass is 376 g/mol. The van der Waals surface area contributed by atoms with E-state index in [4.69, 9.17) is 4.74 Å². The number of nitrogens with zero attached hydrogens (tertiary/aromatic N) is 4. The van der Waals surface area contributed by atoms with Crippen LogP contribution in [0.25, 0.3) is 0 Å². The molecule has 1 atom stereocenters. The zero-order chi connectivity index (χ0) is 19.3. The molecule has 0 aliphatic carbocycles. The first kappa shape index (κ1) is 20.6. The fraction of sp³-hybridized carbons (Fsp3) is 0.714. The van der Waals surface area contributed by atoms with Crippen LogP contribution in [-0.4, -0.2) is 110 Å². The Labute approximate surface area is 164 Å². The van der Waals surface area contributed by atoms with E-state index in [0.29, 0.717) is 6.61 Å². The molecule has 0 spiro atoms. The topological polar surface area (TPSA) is 42.4 Å². The van der Waals surface area contributed by atoms with E-state index in [0.717, 1.165) is 71.1 Å². The van der Waals surface area contributed by atoms with Gasteiger partial charge in [-0.25, -0.2) is 0 Å². The van der Waals surface area contributed by atoms with Crippen LogP contribution in [0.1, 0.15) is 12.0 Å². The van der Waals surface area contributed by atoms with Gasteiger partial charge in [-0.15, -0.1) is 0 Å². The predicted molar refractivity (Wildman–Crippen MR) is 109 cm³/mol. The maximum Gasteiger partial charge on any atom is 0.119 e. The molecule has 2 aliphatic heterocycles. The van der Waals surface area contributed by atoms with Crippen LogP contribution in [0.5, 0.6) is 5.75 Å². The number of β-amino-alcohol motifs (C(OH)–C–C–N with tert-alkyl or cyclic N) is 1. The lowest BCUT2D eigenvalue weighted by Gasteiger charge is -2.36. The summed E-state index contributed by atoms with van der Waals surface area (Å²) < 4.78 is 5.76. The molecule has 3 rings (SSSR count). The number of ether oxygens (including phenoxy) is 1. The van der Waals surface area contributed by atoms with Gasteiger partial charge in [-0.2, -0.15) is 0 Å². The summed E-state index contributed by atoms with van der Waals surface area (Å²) in [4.78, 5) is 9.27. The van der Waals surface area contributed by atoms with Gasteiger partial charge in [-0.05, 0) is 45.3 Å². The Hall–Kier alpha value is -1.18. The van der Waals surface area contributed by atoms with Crippen molar-refractivity contribution in [1.82, 2.24) is 19.6 Å². The lowest BCUT2D eigenvalue weighted by atomic mass is 10.0. The minimum Gasteiger partial charge on any atom is -0.492 e. The SMILES string of the molecule is CN(C)CCOc1ccc(CN2CC[C@@](O)(CN3CCN(C)CC3)C2)cc1. The number of piperazine rings is 1. The maximum atomic E-state index is 11.0. The van der Waals surface area contributed by atoms with Crippen LogP contribution in [0, 0.1) is 0 Å². The lowest BCUT2D eigenvalue weighted by molar-refractivity contribution is -0.000370. The van der Waals surface area contributed by atoms with Crippen molar-refractivity contribution in [3.63, 3.8) is 0 Å². The Kier molecular flexibility index (Phi) is 7.11. The summed E-state index contributed by atoms with van der Waals surface area (Å²) in [5.41, 5.74) is 0.712. The zero-order valence-electron chi connectivity index (χ0n) is 17.2. The molecule has 2 aliphatic rings. The van der Waals surface area contributed by atoms with Crippen molar-refractivity contribution in [1.29, 1.82) is 0 Å². The van der Waals surface area contributed by atoms with E-state index < -0.39 is 5.60 Å². The standard InChI is InChI=1S/C21H36N4O2/c1-22(2)14-15-27-20-6-4-19(5-7-20)16-25-9-8-21(26,18-25)17-24-12-10-23(3)11-13-24/h4-7,26H,8-18H2,1-3H3/t21-/m1/s1. The second kappa shape index (κ2) is 9.34. The highest BCUT2D eigenvalue weighted by Crippen LogP contribution is 2.25. The van der Waals surface area contributed by atoms with E-state index >= 15 is 0 Å². The van der Waals surface area contributed by atoms with Crippen LogP contribution in [0.3, 0.4) is 0 Å². The number of hydrogen-bond donors (Lipinski definition) is 1. The number of likely N-dealkylation sites (tertiary alicyclic amines) is 1. The first-order valence-corrected chi connectivity index (χ1v) is 10.1. The minimum atomic E-state index is -0.564. The summed E-state index contributed by atoms with van der Waals surface area (Å²) in [6.45, 7) is 9.37. The summed E-state index contributed by atoms with van der Waals surface area (Å²) in [5, 5.41) is 11.0. The Balaban J connectivity index is 1.43. The molecule has 6 heteroatoms. The van der Waals surface area contributed by atoms with Crippen molar-refractivity contribution in [2.75, 3.05) is 80.1 Å². The fourth-order valence-electron chi connectivity index (χ4n) is 3.92. The number of hydrogen-bond acceptors (Lipinski definition) is 6. The molecule has 2 fully saturated rings. The maximum absolute atomic E-state index is 11.0. The summed E-state index contributed by atoms with van der Waals surface area (Å²) in [6.07, 6.45) is 0.866.